The van der Waals surface area contributed by atoms with Crippen molar-refractivity contribution in [2.45, 2.75) is 11.0 Å². The van der Waals surface area contributed by atoms with Crippen LogP contribution in [0.1, 0.15) is 11.7 Å². The average Bonchev–Trinajstić information content (AvgIpc) is 2.63. The van der Waals surface area contributed by atoms with Gasteiger partial charge in [0.25, 0.3) is 0 Å². The summed E-state index contributed by atoms with van der Waals surface area (Å²) in [6.07, 6.45) is -0.578. The highest BCUT2D eigenvalue weighted by atomic mass is 32.2. The van der Waals surface area contributed by atoms with Crippen LogP contribution in [0, 0.1) is 5.82 Å². The number of quaternary nitrogens is 1. The molecule has 0 saturated carbocycles. The maximum atomic E-state index is 13.8. The molecule has 1 saturated heterocycles. The summed E-state index contributed by atoms with van der Waals surface area (Å²) < 4.78 is 40.3. The van der Waals surface area contributed by atoms with Gasteiger partial charge in [-0.05, 0) is 17.7 Å². The molecule has 0 aliphatic carbocycles. The molecule has 0 radical (unpaired) electrons. The van der Waals surface area contributed by atoms with Crippen LogP contribution in [0.5, 0.6) is 0 Å². The minimum Gasteiger partial charge on any atom is -0.382 e. The number of hydrogen-bond acceptors (Lipinski definition) is 3. The molecule has 7 heteroatoms. The van der Waals surface area contributed by atoms with Crippen LogP contribution in [-0.4, -0.2) is 50.6 Å². The molecular formula is C18H22FN2O3S+. The van der Waals surface area contributed by atoms with Gasteiger partial charge < -0.3 is 10.0 Å². The van der Waals surface area contributed by atoms with Crippen molar-refractivity contribution in [3.05, 3.63) is 66.0 Å². The Balaban J connectivity index is 1.61. The van der Waals surface area contributed by atoms with Gasteiger partial charge >= 0.3 is 0 Å². The smallest absolute Gasteiger partial charge is 0.246 e. The van der Waals surface area contributed by atoms with Crippen LogP contribution >= 0.6 is 0 Å². The van der Waals surface area contributed by atoms with E-state index in [1.54, 1.807) is 0 Å². The molecule has 0 aromatic heterocycles. The Morgan fingerprint density at radius 1 is 1.04 bits per heavy atom. The van der Waals surface area contributed by atoms with E-state index in [9.17, 15) is 17.9 Å². The summed E-state index contributed by atoms with van der Waals surface area (Å²) in [5.74, 6) is -0.725. The lowest BCUT2D eigenvalue weighted by Crippen LogP contribution is -3.15. The second-order valence-corrected chi connectivity index (χ2v) is 8.12. The number of aliphatic hydroxyl groups is 1. The van der Waals surface area contributed by atoms with E-state index in [0.29, 0.717) is 32.7 Å². The van der Waals surface area contributed by atoms with E-state index in [1.165, 1.54) is 22.5 Å². The molecular weight excluding hydrogens is 343 g/mol. The van der Waals surface area contributed by atoms with Gasteiger partial charge in [-0.15, -0.1) is 0 Å². The van der Waals surface area contributed by atoms with Crippen molar-refractivity contribution >= 4 is 10.0 Å². The molecule has 2 N–H and O–H groups in total. The van der Waals surface area contributed by atoms with E-state index in [2.05, 4.69) is 0 Å². The zero-order chi connectivity index (χ0) is 17.9. The van der Waals surface area contributed by atoms with Crippen LogP contribution < -0.4 is 4.90 Å². The van der Waals surface area contributed by atoms with Gasteiger partial charge in [0, 0.05) is 0 Å². The minimum absolute atomic E-state index is 0.275. The third-order valence-electron chi connectivity index (χ3n) is 4.55. The topological polar surface area (TPSA) is 62.0 Å². The Bertz CT molecular complexity index is 806. The molecule has 134 valence electrons. The lowest BCUT2D eigenvalue weighted by Gasteiger charge is -2.32. The third kappa shape index (κ3) is 4.07. The number of sulfonamides is 1. The predicted octanol–water partition coefficient (Wildman–Crippen LogP) is 0.449. The first-order valence-electron chi connectivity index (χ1n) is 8.30. The SMILES string of the molecule is O=S(=O)(c1ccccc1F)N1CC[NH+](C[C@@H](O)c2ccccc2)CC1. The molecule has 2 aromatic rings. The van der Waals surface area contributed by atoms with Crippen LogP contribution in [0.25, 0.3) is 0 Å². The van der Waals surface area contributed by atoms with E-state index < -0.39 is 21.9 Å². The van der Waals surface area contributed by atoms with E-state index in [1.807, 2.05) is 30.3 Å². The standard InChI is InChI=1S/C18H21FN2O3S/c19-16-8-4-5-9-18(16)25(23,24)21-12-10-20(11-13-21)14-17(22)15-6-2-1-3-7-15/h1-9,17,22H,10-14H2/p+1/t17-/m1/s1. The lowest BCUT2D eigenvalue weighted by molar-refractivity contribution is -0.907. The molecule has 1 aliphatic rings. The predicted molar refractivity (Wildman–Crippen MR) is 92.1 cm³/mol. The number of piperazine rings is 1. The van der Waals surface area contributed by atoms with E-state index in [0.717, 1.165) is 16.5 Å². The van der Waals surface area contributed by atoms with Crippen LogP contribution in [-0.2, 0) is 10.0 Å². The normalized spacial score (nSPS) is 18.2. The average molecular weight is 365 g/mol. The van der Waals surface area contributed by atoms with Gasteiger partial charge in [-0.3, -0.25) is 0 Å². The molecule has 1 aliphatic heterocycles. The van der Waals surface area contributed by atoms with E-state index in [4.69, 9.17) is 0 Å². The summed E-state index contributed by atoms with van der Waals surface area (Å²) in [5, 5.41) is 10.3. The quantitative estimate of drug-likeness (QED) is 0.809. The fourth-order valence-corrected chi connectivity index (χ4v) is 4.61. The number of rotatable bonds is 5. The Morgan fingerprint density at radius 2 is 1.64 bits per heavy atom. The molecule has 5 nitrogen and oxygen atoms in total. The second-order valence-electron chi connectivity index (χ2n) is 6.22. The number of nitrogens with one attached hydrogen (secondary N) is 1. The maximum Gasteiger partial charge on any atom is 0.246 e. The molecule has 2 aromatic carbocycles. The largest absolute Gasteiger partial charge is 0.382 e. The molecule has 0 bridgehead atoms. The van der Waals surface area contributed by atoms with Crippen LogP contribution in [0.4, 0.5) is 4.39 Å². The minimum atomic E-state index is -3.81. The van der Waals surface area contributed by atoms with Crippen LogP contribution in [0.3, 0.4) is 0 Å². The first-order chi connectivity index (χ1) is 12.0. The second kappa shape index (κ2) is 7.61. The number of aliphatic hydroxyl groups excluding tert-OH is 1. The summed E-state index contributed by atoms with van der Waals surface area (Å²) in [6.45, 7) is 2.31. The Morgan fingerprint density at radius 3 is 2.28 bits per heavy atom. The van der Waals surface area contributed by atoms with Crippen molar-refractivity contribution in [3.63, 3.8) is 0 Å². The number of benzene rings is 2. The molecule has 1 heterocycles. The summed E-state index contributed by atoms with van der Waals surface area (Å²) >= 11 is 0. The first-order valence-corrected chi connectivity index (χ1v) is 9.74. The van der Waals surface area contributed by atoms with Crippen LogP contribution in [0.15, 0.2) is 59.5 Å². The zero-order valence-corrected chi connectivity index (χ0v) is 14.6. The summed E-state index contributed by atoms with van der Waals surface area (Å²) in [5.41, 5.74) is 0.858. The number of halogens is 1. The van der Waals surface area contributed by atoms with Crippen molar-refractivity contribution in [2.24, 2.45) is 0 Å². The molecule has 25 heavy (non-hydrogen) atoms. The molecule has 0 unspecified atom stereocenters. The van der Waals surface area contributed by atoms with Gasteiger partial charge in [0.05, 0.1) is 26.2 Å². The number of nitrogens with zero attached hydrogens (tertiary/aromatic N) is 1. The van der Waals surface area contributed by atoms with E-state index >= 15 is 0 Å². The first kappa shape index (κ1) is 18.0. The molecule has 1 fully saturated rings. The summed E-state index contributed by atoms with van der Waals surface area (Å²) in [4.78, 5) is 0.860. The highest BCUT2D eigenvalue weighted by molar-refractivity contribution is 7.89. The summed E-state index contributed by atoms with van der Waals surface area (Å²) in [6, 6.07) is 14.9. The van der Waals surface area contributed by atoms with Crippen LogP contribution in [0.2, 0.25) is 0 Å². The molecule has 3 rings (SSSR count). The zero-order valence-electron chi connectivity index (χ0n) is 13.8. The third-order valence-corrected chi connectivity index (χ3v) is 6.48. The molecule has 0 amide bonds. The lowest BCUT2D eigenvalue weighted by atomic mass is 10.1. The van der Waals surface area contributed by atoms with Crippen molar-refractivity contribution in [2.75, 3.05) is 32.7 Å². The number of hydrogen-bond donors (Lipinski definition) is 2. The fraction of sp³-hybridized carbons (Fsp3) is 0.333. The fourth-order valence-electron chi connectivity index (χ4n) is 3.11. The van der Waals surface area contributed by atoms with Gasteiger partial charge in [0.1, 0.15) is 23.4 Å². The van der Waals surface area contributed by atoms with Crippen molar-refractivity contribution in [3.8, 4) is 0 Å². The van der Waals surface area contributed by atoms with Gasteiger partial charge in [-0.2, -0.15) is 4.31 Å². The van der Waals surface area contributed by atoms with Gasteiger partial charge in [0.2, 0.25) is 10.0 Å². The van der Waals surface area contributed by atoms with E-state index in [-0.39, 0.29) is 4.90 Å². The Kier molecular flexibility index (Phi) is 5.48. The maximum absolute atomic E-state index is 13.8. The van der Waals surface area contributed by atoms with Gasteiger partial charge in [-0.25, -0.2) is 12.8 Å². The monoisotopic (exact) mass is 365 g/mol. The van der Waals surface area contributed by atoms with Gasteiger partial charge in [0.15, 0.2) is 0 Å². The highest BCUT2D eigenvalue weighted by Gasteiger charge is 2.32. The Labute approximate surface area is 147 Å². The van der Waals surface area contributed by atoms with Crippen molar-refractivity contribution in [1.82, 2.24) is 4.31 Å². The molecule has 0 spiro atoms. The summed E-state index contributed by atoms with van der Waals surface area (Å²) in [7, 11) is -3.81. The van der Waals surface area contributed by atoms with Crippen molar-refractivity contribution < 1.29 is 22.8 Å². The highest BCUT2D eigenvalue weighted by Crippen LogP contribution is 2.19. The molecule has 1 atom stereocenters. The van der Waals surface area contributed by atoms with Gasteiger partial charge in [-0.1, -0.05) is 42.5 Å². The van der Waals surface area contributed by atoms with Crippen molar-refractivity contribution in [1.29, 1.82) is 0 Å². The Hall–Kier alpha value is -1.80.